The number of pyridine rings is 1. The molecule has 1 aromatic rings. The molecule has 0 fully saturated rings. The molecule has 0 unspecified atom stereocenters. The molecule has 0 saturated heterocycles. The molecule has 17 heavy (non-hydrogen) atoms. The monoisotopic (exact) mass is 314 g/mol. The quantitative estimate of drug-likeness (QED) is 0.929. The Kier molecular flexibility index (Phi) is 4.21. The number of rotatable bonds is 3. The number of nitrogens with two attached hydrogens (primary N) is 1. The summed E-state index contributed by atoms with van der Waals surface area (Å²) < 4.78 is 41.1. The molecule has 0 saturated carbocycles. The summed E-state index contributed by atoms with van der Waals surface area (Å²) in [5, 5.41) is 0. The zero-order chi connectivity index (χ0) is 13.2. The maximum Gasteiger partial charge on any atom is 0.411 e. The van der Waals surface area contributed by atoms with E-state index in [0.29, 0.717) is 11.3 Å². The van der Waals surface area contributed by atoms with Crippen LogP contribution < -0.4 is 11.3 Å². The third kappa shape index (κ3) is 3.74. The van der Waals surface area contributed by atoms with Crippen LogP contribution in [0.2, 0.25) is 0 Å². The van der Waals surface area contributed by atoms with E-state index < -0.39 is 25.1 Å². The van der Waals surface area contributed by atoms with Gasteiger partial charge >= 0.3 is 6.18 Å². The van der Waals surface area contributed by atoms with Crippen molar-refractivity contribution in [3.63, 3.8) is 0 Å². The first-order valence-electron chi connectivity index (χ1n) is 4.52. The highest BCUT2D eigenvalue weighted by Gasteiger charge is 2.27. The van der Waals surface area contributed by atoms with E-state index in [4.69, 9.17) is 5.73 Å². The number of alkyl halides is 3. The Morgan fingerprint density at radius 2 is 2.12 bits per heavy atom. The van der Waals surface area contributed by atoms with Crippen molar-refractivity contribution in [1.82, 2.24) is 4.57 Å². The van der Waals surface area contributed by atoms with Crippen molar-refractivity contribution < 1.29 is 17.9 Å². The molecule has 0 aliphatic heterocycles. The first-order chi connectivity index (χ1) is 7.72. The van der Waals surface area contributed by atoms with Gasteiger partial charge in [-0.3, -0.25) is 9.36 Å². The van der Waals surface area contributed by atoms with E-state index >= 15 is 0 Å². The maximum absolute atomic E-state index is 11.8. The van der Waals surface area contributed by atoms with Gasteiger partial charge in [0, 0.05) is 6.20 Å². The standard InChI is InChI=1S/C9H10BrF3N2O2/c1-5-6(14)2-15(8(16)7(5)10)4-17-3-9(11,12)13/h2H,3-4,14H2,1H3. The minimum absolute atomic E-state index is 0.216. The summed E-state index contributed by atoms with van der Waals surface area (Å²) in [6.45, 7) is -0.284. The van der Waals surface area contributed by atoms with Gasteiger partial charge in [0.1, 0.15) is 13.3 Å². The highest BCUT2D eigenvalue weighted by Crippen LogP contribution is 2.18. The van der Waals surface area contributed by atoms with Crippen molar-refractivity contribution in [3.05, 3.63) is 26.6 Å². The summed E-state index contributed by atoms with van der Waals surface area (Å²) in [7, 11) is 0. The van der Waals surface area contributed by atoms with E-state index in [1.165, 1.54) is 6.20 Å². The molecule has 0 amide bonds. The van der Waals surface area contributed by atoms with Gasteiger partial charge in [-0.05, 0) is 28.4 Å². The van der Waals surface area contributed by atoms with Crippen LogP contribution in [-0.2, 0) is 11.5 Å². The molecule has 0 bridgehead atoms. The van der Waals surface area contributed by atoms with Crippen LogP contribution in [0.3, 0.4) is 0 Å². The second-order valence-electron chi connectivity index (χ2n) is 3.39. The molecule has 2 N–H and O–H groups in total. The Labute approximate surface area is 103 Å². The number of anilines is 1. The minimum atomic E-state index is -4.42. The van der Waals surface area contributed by atoms with Crippen molar-refractivity contribution in [1.29, 1.82) is 0 Å². The SMILES string of the molecule is Cc1c(N)cn(COCC(F)(F)F)c(=O)c1Br. The highest BCUT2D eigenvalue weighted by atomic mass is 79.9. The summed E-state index contributed by atoms with van der Waals surface area (Å²) in [6, 6.07) is 0. The lowest BCUT2D eigenvalue weighted by molar-refractivity contribution is -0.182. The van der Waals surface area contributed by atoms with Crippen molar-refractivity contribution in [2.75, 3.05) is 12.3 Å². The van der Waals surface area contributed by atoms with Crippen LogP contribution in [0.25, 0.3) is 0 Å². The zero-order valence-corrected chi connectivity index (χ0v) is 10.4. The van der Waals surface area contributed by atoms with E-state index in [9.17, 15) is 18.0 Å². The molecule has 0 spiro atoms. The average molecular weight is 315 g/mol. The molecule has 0 radical (unpaired) electrons. The number of ether oxygens (including phenoxy) is 1. The van der Waals surface area contributed by atoms with E-state index in [0.717, 1.165) is 4.57 Å². The first-order valence-corrected chi connectivity index (χ1v) is 5.31. The summed E-state index contributed by atoms with van der Waals surface area (Å²) in [6.07, 6.45) is -3.17. The minimum Gasteiger partial charge on any atom is -0.397 e. The highest BCUT2D eigenvalue weighted by molar-refractivity contribution is 9.10. The molecule has 1 rings (SSSR count). The van der Waals surface area contributed by atoms with Gasteiger partial charge < -0.3 is 10.5 Å². The molecule has 1 aromatic heterocycles. The van der Waals surface area contributed by atoms with E-state index in [1.54, 1.807) is 6.92 Å². The molecular weight excluding hydrogens is 305 g/mol. The summed E-state index contributed by atoms with van der Waals surface area (Å²) >= 11 is 3.02. The summed E-state index contributed by atoms with van der Waals surface area (Å²) in [5.41, 5.74) is 5.94. The third-order valence-corrected chi connectivity index (χ3v) is 2.94. The Morgan fingerprint density at radius 1 is 1.53 bits per heavy atom. The first kappa shape index (κ1) is 14.0. The van der Waals surface area contributed by atoms with E-state index in [-0.39, 0.29) is 4.47 Å². The molecule has 0 atom stereocenters. The molecule has 1 heterocycles. The third-order valence-electron chi connectivity index (χ3n) is 2.00. The van der Waals surface area contributed by atoms with Gasteiger partial charge in [0.15, 0.2) is 0 Å². The number of aromatic nitrogens is 1. The van der Waals surface area contributed by atoms with Crippen LogP contribution in [0.4, 0.5) is 18.9 Å². The molecule has 0 aromatic carbocycles. The Balaban J connectivity index is 2.83. The van der Waals surface area contributed by atoms with Gasteiger partial charge in [-0.1, -0.05) is 0 Å². The Morgan fingerprint density at radius 3 is 2.65 bits per heavy atom. The fourth-order valence-corrected chi connectivity index (χ4v) is 1.55. The molecule has 96 valence electrons. The number of hydrogen-bond donors (Lipinski definition) is 1. The predicted molar refractivity (Wildman–Crippen MR) is 59.6 cm³/mol. The van der Waals surface area contributed by atoms with Gasteiger partial charge in [-0.15, -0.1) is 0 Å². The number of nitrogen functional groups attached to an aromatic ring is 1. The molecule has 8 heteroatoms. The van der Waals surface area contributed by atoms with Crippen LogP contribution in [-0.4, -0.2) is 17.4 Å². The summed E-state index contributed by atoms with van der Waals surface area (Å²) in [5.74, 6) is 0. The molecule has 0 aliphatic carbocycles. The fraction of sp³-hybridized carbons (Fsp3) is 0.444. The normalized spacial score (nSPS) is 11.8. The van der Waals surface area contributed by atoms with Gasteiger partial charge in [-0.25, -0.2) is 0 Å². The van der Waals surface area contributed by atoms with Crippen molar-refractivity contribution in [3.8, 4) is 0 Å². The molecular formula is C9H10BrF3N2O2. The van der Waals surface area contributed by atoms with E-state index in [2.05, 4.69) is 20.7 Å². The lowest BCUT2D eigenvalue weighted by Gasteiger charge is -2.12. The largest absolute Gasteiger partial charge is 0.411 e. The number of halogens is 4. The van der Waals surface area contributed by atoms with Crippen LogP contribution in [0.1, 0.15) is 5.56 Å². The summed E-state index contributed by atoms with van der Waals surface area (Å²) in [4.78, 5) is 11.6. The lowest BCUT2D eigenvalue weighted by Crippen LogP contribution is -2.26. The van der Waals surface area contributed by atoms with Crippen molar-refractivity contribution >= 4 is 21.6 Å². The predicted octanol–water partition coefficient (Wildman–Crippen LogP) is 2.04. The number of nitrogens with zero attached hydrogens (tertiary/aromatic N) is 1. The van der Waals surface area contributed by atoms with Gasteiger partial charge in [0.25, 0.3) is 5.56 Å². The average Bonchev–Trinajstić information content (AvgIpc) is 2.21. The maximum atomic E-state index is 11.8. The van der Waals surface area contributed by atoms with Crippen molar-refractivity contribution in [2.24, 2.45) is 0 Å². The number of hydrogen-bond acceptors (Lipinski definition) is 3. The Bertz CT molecular complexity index is 471. The van der Waals surface area contributed by atoms with Gasteiger partial charge in [-0.2, -0.15) is 13.2 Å². The van der Waals surface area contributed by atoms with Gasteiger partial charge in [0.2, 0.25) is 0 Å². The van der Waals surface area contributed by atoms with Crippen LogP contribution in [0.5, 0.6) is 0 Å². The second kappa shape index (κ2) is 5.09. The van der Waals surface area contributed by atoms with Crippen LogP contribution >= 0.6 is 15.9 Å². The topological polar surface area (TPSA) is 57.2 Å². The molecule has 4 nitrogen and oxygen atoms in total. The van der Waals surface area contributed by atoms with Crippen molar-refractivity contribution in [2.45, 2.75) is 19.8 Å². The van der Waals surface area contributed by atoms with Crippen LogP contribution in [0, 0.1) is 6.92 Å². The molecule has 0 aliphatic rings. The smallest absolute Gasteiger partial charge is 0.397 e. The Hall–Kier alpha value is -1.02. The lowest BCUT2D eigenvalue weighted by atomic mass is 10.2. The van der Waals surface area contributed by atoms with E-state index in [1.807, 2.05) is 0 Å². The van der Waals surface area contributed by atoms with Gasteiger partial charge in [0.05, 0.1) is 10.2 Å². The fourth-order valence-electron chi connectivity index (χ4n) is 1.09. The zero-order valence-electron chi connectivity index (χ0n) is 8.84. The second-order valence-corrected chi connectivity index (χ2v) is 4.18. The van der Waals surface area contributed by atoms with Crippen LogP contribution in [0.15, 0.2) is 15.5 Å².